The molecule has 34 heavy (non-hydrogen) atoms. The third kappa shape index (κ3) is 4.98. The van der Waals surface area contributed by atoms with Crippen LogP contribution in [0.4, 0.5) is 5.69 Å². The summed E-state index contributed by atoms with van der Waals surface area (Å²) < 4.78 is 8.16. The van der Waals surface area contributed by atoms with Crippen LogP contribution in [0.2, 0.25) is 0 Å². The minimum atomic E-state index is -0.107. The first-order valence-electron chi connectivity index (χ1n) is 11.8. The van der Waals surface area contributed by atoms with Crippen LogP contribution < -0.4 is 10.6 Å². The van der Waals surface area contributed by atoms with Gasteiger partial charge in [0, 0.05) is 49.9 Å². The van der Waals surface area contributed by atoms with E-state index >= 15 is 0 Å². The summed E-state index contributed by atoms with van der Waals surface area (Å²) in [7, 11) is 0. The summed E-state index contributed by atoms with van der Waals surface area (Å²) in [6, 6.07) is 19.5. The van der Waals surface area contributed by atoms with Crippen molar-refractivity contribution < 1.29 is 9.53 Å². The highest BCUT2D eigenvalue weighted by molar-refractivity contribution is 7.80. The lowest BCUT2D eigenvalue weighted by Gasteiger charge is -2.29. The van der Waals surface area contributed by atoms with Crippen molar-refractivity contribution in [1.82, 2.24) is 19.8 Å². The lowest BCUT2D eigenvalue weighted by Crippen LogP contribution is -2.33. The Morgan fingerprint density at radius 2 is 2.00 bits per heavy atom. The third-order valence-corrected chi connectivity index (χ3v) is 6.78. The molecular formula is C26H29N5O2S. The highest BCUT2D eigenvalue weighted by Crippen LogP contribution is 2.39. The fourth-order valence-electron chi connectivity index (χ4n) is 4.80. The number of nitrogens with zero attached hydrogens (tertiary/aromatic N) is 3. The first-order chi connectivity index (χ1) is 16.7. The summed E-state index contributed by atoms with van der Waals surface area (Å²) in [6.45, 7) is 2.14. The largest absolute Gasteiger partial charge is 0.376 e. The SMILES string of the molecule is O=C(CCN1C(=S)N[C@H](c2ccccn2)[C@@H]1c1cccn1C[C@H]1CCCO1)Nc1ccccc1. The number of carbonyl (C=O) groups excluding carboxylic acids is 1. The molecule has 3 aromatic rings. The molecule has 2 aromatic heterocycles. The zero-order chi connectivity index (χ0) is 23.3. The van der Waals surface area contributed by atoms with Crippen molar-refractivity contribution in [1.29, 1.82) is 0 Å². The van der Waals surface area contributed by atoms with E-state index in [4.69, 9.17) is 17.0 Å². The van der Waals surface area contributed by atoms with Crippen molar-refractivity contribution in [3.05, 3.63) is 84.4 Å². The van der Waals surface area contributed by atoms with E-state index in [1.807, 2.05) is 48.5 Å². The number of nitrogens with one attached hydrogen (secondary N) is 2. The molecule has 0 saturated carbocycles. The predicted octanol–water partition coefficient (Wildman–Crippen LogP) is 4.06. The molecule has 1 amide bonds. The number of thiocarbonyl (C=S) groups is 1. The van der Waals surface area contributed by atoms with E-state index < -0.39 is 0 Å². The fourth-order valence-corrected chi connectivity index (χ4v) is 5.14. The number of anilines is 1. The average molecular weight is 476 g/mol. The highest BCUT2D eigenvalue weighted by Gasteiger charge is 2.41. The molecule has 3 atom stereocenters. The standard InChI is InChI=1S/C26H29N5O2S/c32-23(28-19-8-2-1-3-9-19)13-16-31-25(24(29-26(31)34)21-11-4-5-14-27-21)22-12-6-15-30(22)18-20-10-7-17-33-20/h1-6,8-9,11-12,14-15,20,24-25H,7,10,13,16-18H2,(H,28,32)(H,29,34)/t20-,24-,25+/m1/s1. The smallest absolute Gasteiger partial charge is 0.226 e. The molecule has 1 aromatic carbocycles. The minimum Gasteiger partial charge on any atom is -0.376 e. The number of benzene rings is 1. The molecule has 2 aliphatic heterocycles. The second-order valence-electron chi connectivity index (χ2n) is 8.70. The van der Waals surface area contributed by atoms with Crippen molar-refractivity contribution in [2.45, 2.75) is 44.0 Å². The first-order valence-corrected chi connectivity index (χ1v) is 12.2. The van der Waals surface area contributed by atoms with Crippen molar-refractivity contribution >= 4 is 28.9 Å². The van der Waals surface area contributed by atoms with Gasteiger partial charge in [-0.2, -0.15) is 0 Å². The van der Waals surface area contributed by atoms with Gasteiger partial charge in [0.2, 0.25) is 5.91 Å². The molecule has 0 radical (unpaired) electrons. The minimum absolute atomic E-state index is 0.0382. The molecule has 4 heterocycles. The molecule has 2 fully saturated rings. The zero-order valence-corrected chi connectivity index (χ0v) is 19.8. The molecular weight excluding hydrogens is 446 g/mol. The number of hydrogen-bond donors (Lipinski definition) is 2. The summed E-state index contributed by atoms with van der Waals surface area (Å²) in [5.41, 5.74) is 2.86. The Morgan fingerprint density at radius 1 is 1.15 bits per heavy atom. The Kier molecular flexibility index (Phi) is 6.87. The lowest BCUT2D eigenvalue weighted by atomic mass is 10.0. The van der Waals surface area contributed by atoms with Crippen LogP contribution in [0.5, 0.6) is 0 Å². The molecule has 5 rings (SSSR count). The molecule has 2 aliphatic rings. The van der Waals surface area contributed by atoms with Crippen LogP contribution in [-0.2, 0) is 16.1 Å². The van der Waals surface area contributed by atoms with E-state index in [1.165, 1.54) is 0 Å². The summed E-state index contributed by atoms with van der Waals surface area (Å²) in [5, 5.41) is 7.08. The van der Waals surface area contributed by atoms with Gasteiger partial charge < -0.3 is 24.8 Å². The Morgan fingerprint density at radius 3 is 2.76 bits per heavy atom. The van der Waals surface area contributed by atoms with Gasteiger partial charge >= 0.3 is 0 Å². The van der Waals surface area contributed by atoms with Gasteiger partial charge in [0.25, 0.3) is 0 Å². The normalized spacial score (nSPS) is 22.1. The molecule has 2 saturated heterocycles. The van der Waals surface area contributed by atoms with Crippen LogP contribution in [0.25, 0.3) is 0 Å². The van der Waals surface area contributed by atoms with Crippen LogP contribution in [-0.4, -0.2) is 44.7 Å². The third-order valence-electron chi connectivity index (χ3n) is 6.43. The van der Waals surface area contributed by atoms with Crippen LogP contribution >= 0.6 is 12.2 Å². The van der Waals surface area contributed by atoms with Gasteiger partial charge in [-0.15, -0.1) is 0 Å². The molecule has 0 spiro atoms. The van der Waals surface area contributed by atoms with Gasteiger partial charge in [0.15, 0.2) is 5.11 Å². The van der Waals surface area contributed by atoms with Crippen LogP contribution in [0.1, 0.15) is 42.7 Å². The van der Waals surface area contributed by atoms with Gasteiger partial charge in [-0.3, -0.25) is 9.78 Å². The van der Waals surface area contributed by atoms with Gasteiger partial charge in [-0.1, -0.05) is 24.3 Å². The molecule has 176 valence electrons. The number of carbonyl (C=O) groups is 1. The maximum atomic E-state index is 12.7. The Bertz CT molecular complexity index is 1110. The highest BCUT2D eigenvalue weighted by atomic mass is 32.1. The predicted molar refractivity (Wildman–Crippen MR) is 135 cm³/mol. The van der Waals surface area contributed by atoms with Gasteiger partial charge in [-0.05, 0) is 61.5 Å². The second-order valence-corrected chi connectivity index (χ2v) is 9.09. The maximum Gasteiger partial charge on any atom is 0.226 e. The quantitative estimate of drug-likeness (QED) is 0.479. The molecule has 0 bridgehead atoms. The number of ether oxygens (including phenoxy) is 1. The Labute approximate surface area is 205 Å². The molecule has 2 N–H and O–H groups in total. The second kappa shape index (κ2) is 10.4. The van der Waals surface area contributed by atoms with E-state index in [0.717, 1.165) is 43.1 Å². The van der Waals surface area contributed by atoms with Crippen LogP contribution in [0.15, 0.2) is 73.1 Å². The lowest BCUT2D eigenvalue weighted by molar-refractivity contribution is -0.116. The molecule has 0 aliphatic carbocycles. The van der Waals surface area contributed by atoms with Crippen molar-refractivity contribution in [3.63, 3.8) is 0 Å². The molecule has 8 heteroatoms. The summed E-state index contributed by atoms with van der Waals surface area (Å²) in [6.07, 6.45) is 6.65. The first kappa shape index (κ1) is 22.6. The molecule has 7 nitrogen and oxygen atoms in total. The number of hydrogen-bond acceptors (Lipinski definition) is 4. The number of pyridine rings is 1. The summed E-state index contributed by atoms with van der Waals surface area (Å²) >= 11 is 5.76. The van der Waals surface area contributed by atoms with Gasteiger partial charge in [0.1, 0.15) is 0 Å². The number of para-hydroxylation sites is 1. The summed E-state index contributed by atoms with van der Waals surface area (Å²) in [4.78, 5) is 19.4. The maximum absolute atomic E-state index is 12.7. The van der Waals surface area contributed by atoms with Crippen molar-refractivity contribution in [2.75, 3.05) is 18.5 Å². The van der Waals surface area contributed by atoms with E-state index in [2.05, 4.69) is 43.4 Å². The van der Waals surface area contributed by atoms with Crippen molar-refractivity contribution in [2.24, 2.45) is 0 Å². The Balaban J connectivity index is 1.38. The number of aromatic nitrogens is 2. The van der Waals surface area contributed by atoms with E-state index in [-0.39, 0.29) is 24.1 Å². The summed E-state index contributed by atoms with van der Waals surface area (Å²) in [5.74, 6) is -0.0382. The molecule has 0 unspecified atom stereocenters. The fraction of sp³-hybridized carbons (Fsp3) is 0.346. The average Bonchev–Trinajstić information content (AvgIpc) is 3.60. The number of amides is 1. The van der Waals surface area contributed by atoms with Crippen molar-refractivity contribution in [3.8, 4) is 0 Å². The van der Waals surface area contributed by atoms with Gasteiger partial charge in [0.05, 0.1) is 23.9 Å². The van der Waals surface area contributed by atoms with Crippen LogP contribution in [0.3, 0.4) is 0 Å². The zero-order valence-electron chi connectivity index (χ0n) is 19.0. The van der Waals surface area contributed by atoms with Gasteiger partial charge in [-0.25, -0.2) is 0 Å². The Hall–Kier alpha value is -3.23. The topological polar surface area (TPSA) is 71.4 Å². The van der Waals surface area contributed by atoms with E-state index in [0.29, 0.717) is 18.1 Å². The number of rotatable bonds is 8. The monoisotopic (exact) mass is 475 g/mol. The van der Waals surface area contributed by atoms with E-state index in [9.17, 15) is 4.79 Å². The van der Waals surface area contributed by atoms with Crippen LogP contribution in [0, 0.1) is 0 Å². The van der Waals surface area contributed by atoms with E-state index in [1.54, 1.807) is 6.20 Å².